The fourth-order valence-electron chi connectivity index (χ4n) is 4.11. The lowest BCUT2D eigenvalue weighted by atomic mass is 9.92. The summed E-state index contributed by atoms with van der Waals surface area (Å²) in [5, 5.41) is 12.6. The monoisotopic (exact) mass is 359 g/mol. The van der Waals surface area contributed by atoms with Gasteiger partial charge in [0.2, 0.25) is 5.78 Å². The molecule has 7 heteroatoms. The Kier molecular flexibility index (Phi) is 3.92. The number of nitrogens with zero attached hydrogens (tertiary/aromatic N) is 7. The second-order valence-corrected chi connectivity index (χ2v) is 7.11. The van der Waals surface area contributed by atoms with Crippen molar-refractivity contribution < 1.29 is 0 Å². The molecule has 0 bridgehead atoms. The number of piperidine rings is 1. The summed E-state index contributed by atoms with van der Waals surface area (Å²) in [4.78, 5) is 11.5. The predicted molar refractivity (Wildman–Crippen MR) is 103 cm³/mol. The van der Waals surface area contributed by atoms with Crippen LogP contribution < -0.4 is 0 Å². The Morgan fingerprint density at radius 1 is 1.04 bits per heavy atom. The third-order valence-electron chi connectivity index (χ3n) is 5.56. The summed E-state index contributed by atoms with van der Waals surface area (Å²) in [6, 6.07) is 12.1. The molecule has 1 atom stereocenters. The third-order valence-corrected chi connectivity index (χ3v) is 5.56. The lowest BCUT2D eigenvalue weighted by Gasteiger charge is -2.34. The van der Waals surface area contributed by atoms with Crippen LogP contribution in [0, 0.1) is 6.92 Å². The first-order valence-corrected chi connectivity index (χ1v) is 9.38. The van der Waals surface area contributed by atoms with Crippen molar-refractivity contribution in [3.05, 3.63) is 65.7 Å². The van der Waals surface area contributed by atoms with Gasteiger partial charge in [0.1, 0.15) is 0 Å². The summed E-state index contributed by atoms with van der Waals surface area (Å²) in [6.45, 7) is 4.02. The van der Waals surface area contributed by atoms with Crippen LogP contribution in [-0.4, -0.2) is 38.2 Å². The maximum absolute atomic E-state index is 4.79. The molecule has 27 heavy (non-hydrogen) atoms. The van der Waals surface area contributed by atoms with Crippen LogP contribution in [0.1, 0.15) is 41.8 Å². The lowest BCUT2D eigenvalue weighted by molar-refractivity contribution is 0.304. The van der Waals surface area contributed by atoms with Gasteiger partial charge in [-0.1, -0.05) is 30.3 Å². The van der Waals surface area contributed by atoms with Gasteiger partial charge >= 0.3 is 0 Å². The molecule has 1 aromatic carbocycles. The lowest BCUT2D eigenvalue weighted by Crippen LogP contribution is -2.39. The largest absolute Gasteiger partial charge is 0.356 e. The predicted octanol–water partition coefficient (Wildman–Crippen LogP) is 3.74. The molecule has 4 heterocycles. The molecule has 1 unspecified atom stereocenters. The quantitative estimate of drug-likeness (QED) is 0.700. The standard InChI is InChI=1S/C20H21N7/c1-14-17(22-20-21-10-5-11-27(14)20)16-8-12-26(13-9-16)19-18(23-25-24-19)15-6-3-2-4-7-15/h2-7,10-11,16,18H,8-9,12-13H2,1H3. The molecule has 0 radical (unpaired) electrons. The van der Waals surface area contributed by atoms with Crippen LogP contribution in [0.4, 0.5) is 0 Å². The fraction of sp³-hybridized carbons (Fsp3) is 0.350. The summed E-state index contributed by atoms with van der Waals surface area (Å²) in [6.07, 6.45) is 5.92. The highest BCUT2D eigenvalue weighted by Gasteiger charge is 2.32. The Morgan fingerprint density at radius 3 is 2.63 bits per heavy atom. The van der Waals surface area contributed by atoms with Crippen LogP contribution >= 0.6 is 0 Å². The van der Waals surface area contributed by atoms with Gasteiger partial charge in [-0.15, -0.1) is 5.10 Å². The number of imidazole rings is 1. The van der Waals surface area contributed by atoms with Crippen molar-refractivity contribution in [2.75, 3.05) is 13.1 Å². The molecular formula is C20H21N7. The smallest absolute Gasteiger partial charge is 0.234 e. The minimum atomic E-state index is -0.0797. The number of likely N-dealkylation sites (tertiary alicyclic amines) is 1. The molecular weight excluding hydrogens is 338 g/mol. The van der Waals surface area contributed by atoms with E-state index in [4.69, 9.17) is 4.98 Å². The summed E-state index contributed by atoms with van der Waals surface area (Å²) in [5.74, 6) is 2.20. The fourth-order valence-corrected chi connectivity index (χ4v) is 4.11. The Labute approximate surface area is 157 Å². The highest BCUT2D eigenvalue weighted by molar-refractivity contribution is 5.89. The molecule has 7 nitrogen and oxygen atoms in total. The number of amidine groups is 1. The van der Waals surface area contributed by atoms with Gasteiger partial charge < -0.3 is 4.90 Å². The van der Waals surface area contributed by atoms with Gasteiger partial charge in [-0.25, -0.2) is 9.97 Å². The van der Waals surface area contributed by atoms with Gasteiger partial charge in [0.25, 0.3) is 0 Å². The molecule has 136 valence electrons. The molecule has 1 saturated heterocycles. The molecule has 0 saturated carbocycles. The second kappa shape index (κ2) is 6.57. The molecule has 5 rings (SSSR count). The number of rotatable bonds is 2. The van der Waals surface area contributed by atoms with Crippen LogP contribution in [0.25, 0.3) is 5.78 Å². The Morgan fingerprint density at radius 2 is 1.85 bits per heavy atom. The molecule has 1 fully saturated rings. The zero-order valence-corrected chi connectivity index (χ0v) is 15.2. The van der Waals surface area contributed by atoms with Gasteiger partial charge in [0, 0.05) is 37.1 Å². The summed E-state index contributed by atoms with van der Waals surface area (Å²) in [5.41, 5.74) is 3.51. The zero-order chi connectivity index (χ0) is 18.2. The maximum atomic E-state index is 4.79. The third kappa shape index (κ3) is 2.79. The van der Waals surface area contributed by atoms with Crippen LogP contribution in [0.5, 0.6) is 0 Å². The van der Waals surface area contributed by atoms with E-state index in [0.717, 1.165) is 43.1 Å². The van der Waals surface area contributed by atoms with Crippen molar-refractivity contribution in [1.29, 1.82) is 0 Å². The van der Waals surface area contributed by atoms with E-state index >= 15 is 0 Å². The number of hydrogen-bond donors (Lipinski definition) is 0. The molecule has 0 spiro atoms. The van der Waals surface area contributed by atoms with Crippen LogP contribution in [0.3, 0.4) is 0 Å². The highest BCUT2D eigenvalue weighted by Crippen LogP contribution is 2.33. The SMILES string of the molecule is Cc1c(C2CCN(C3=NN=NC3c3ccccc3)CC2)nc2ncccn12. The molecule has 0 amide bonds. The summed E-state index contributed by atoms with van der Waals surface area (Å²) < 4.78 is 2.08. The van der Waals surface area contributed by atoms with E-state index in [-0.39, 0.29) is 6.04 Å². The Hall–Kier alpha value is -3.09. The summed E-state index contributed by atoms with van der Waals surface area (Å²) >= 11 is 0. The minimum absolute atomic E-state index is 0.0797. The average molecular weight is 359 g/mol. The second-order valence-electron chi connectivity index (χ2n) is 7.11. The van der Waals surface area contributed by atoms with Crippen molar-refractivity contribution in [2.45, 2.75) is 31.7 Å². The van der Waals surface area contributed by atoms with E-state index in [1.165, 1.54) is 11.4 Å². The molecule has 0 N–H and O–H groups in total. The number of benzene rings is 1. The Balaban J connectivity index is 1.32. The number of fused-ring (bicyclic) bond motifs is 1. The van der Waals surface area contributed by atoms with Gasteiger partial charge in [-0.05, 0) is 36.6 Å². The zero-order valence-electron chi connectivity index (χ0n) is 15.2. The van der Waals surface area contributed by atoms with E-state index < -0.39 is 0 Å². The first-order chi connectivity index (χ1) is 13.3. The molecule has 3 aromatic rings. The van der Waals surface area contributed by atoms with E-state index in [0.29, 0.717) is 5.92 Å². The topological polar surface area (TPSA) is 70.5 Å². The van der Waals surface area contributed by atoms with Gasteiger partial charge in [-0.3, -0.25) is 4.40 Å². The number of aromatic nitrogens is 3. The van der Waals surface area contributed by atoms with E-state index in [2.05, 4.69) is 48.8 Å². The van der Waals surface area contributed by atoms with E-state index in [1.54, 1.807) is 6.20 Å². The maximum Gasteiger partial charge on any atom is 0.234 e. The normalized spacial score (nSPS) is 20.4. The molecule has 2 aromatic heterocycles. The van der Waals surface area contributed by atoms with E-state index in [9.17, 15) is 0 Å². The van der Waals surface area contributed by atoms with Crippen LogP contribution in [0.2, 0.25) is 0 Å². The van der Waals surface area contributed by atoms with Crippen molar-refractivity contribution in [3.8, 4) is 0 Å². The highest BCUT2D eigenvalue weighted by atomic mass is 15.5. The van der Waals surface area contributed by atoms with Gasteiger partial charge in [-0.2, -0.15) is 5.11 Å². The van der Waals surface area contributed by atoms with Crippen LogP contribution in [-0.2, 0) is 0 Å². The number of hydrogen-bond acceptors (Lipinski definition) is 6. The Bertz CT molecular complexity index is 1010. The van der Waals surface area contributed by atoms with Crippen molar-refractivity contribution in [1.82, 2.24) is 19.3 Å². The van der Waals surface area contributed by atoms with E-state index in [1.807, 2.05) is 30.5 Å². The first-order valence-electron chi connectivity index (χ1n) is 9.38. The molecule has 2 aliphatic rings. The van der Waals surface area contributed by atoms with Crippen molar-refractivity contribution in [2.24, 2.45) is 15.4 Å². The van der Waals surface area contributed by atoms with Crippen molar-refractivity contribution >= 4 is 11.6 Å². The minimum Gasteiger partial charge on any atom is -0.356 e. The van der Waals surface area contributed by atoms with Gasteiger partial charge in [0.15, 0.2) is 11.9 Å². The van der Waals surface area contributed by atoms with Crippen LogP contribution in [0.15, 0.2) is 64.2 Å². The number of aryl methyl sites for hydroxylation is 1. The summed E-state index contributed by atoms with van der Waals surface area (Å²) in [7, 11) is 0. The molecule has 2 aliphatic heterocycles. The average Bonchev–Trinajstić information content (AvgIpc) is 3.34. The molecule has 0 aliphatic carbocycles. The van der Waals surface area contributed by atoms with Gasteiger partial charge in [0.05, 0.1) is 5.69 Å². The van der Waals surface area contributed by atoms with Crippen molar-refractivity contribution in [3.63, 3.8) is 0 Å². The first kappa shape index (κ1) is 16.1.